The quantitative estimate of drug-likeness (QED) is 0.744. The fraction of sp³-hybridized carbons (Fsp3) is 0.318. The second-order valence-corrected chi connectivity index (χ2v) is 9.09. The highest BCUT2D eigenvalue weighted by Gasteiger charge is 2.30. The molecule has 1 heterocycles. The third-order valence-corrected chi connectivity index (χ3v) is 7.15. The van der Waals surface area contributed by atoms with E-state index < -0.39 is 10.0 Å². The zero-order valence-corrected chi connectivity index (χ0v) is 17.4. The fourth-order valence-corrected chi connectivity index (χ4v) is 5.05. The van der Waals surface area contributed by atoms with Crippen molar-refractivity contribution in [3.05, 3.63) is 70.8 Å². The van der Waals surface area contributed by atoms with Gasteiger partial charge in [0.25, 0.3) is 0 Å². The van der Waals surface area contributed by atoms with Gasteiger partial charge in [0.2, 0.25) is 15.9 Å². The number of piperazine rings is 1. The number of carbonyl (C=O) groups is 1. The molecule has 1 saturated heterocycles. The maximum absolute atomic E-state index is 13.0. The highest BCUT2D eigenvalue weighted by molar-refractivity contribution is 7.89. The van der Waals surface area contributed by atoms with Crippen molar-refractivity contribution in [2.75, 3.05) is 26.2 Å². The summed E-state index contributed by atoms with van der Waals surface area (Å²) in [7, 11) is -3.55. The van der Waals surface area contributed by atoms with E-state index in [1.165, 1.54) is 4.31 Å². The highest BCUT2D eigenvalue weighted by Crippen LogP contribution is 2.22. The molecule has 1 fully saturated rings. The van der Waals surface area contributed by atoms with E-state index in [9.17, 15) is 13.2 Å². The van der Waals surface area contributed by atoms with E-state index in [4.69, 9.17) is 0 Å². The molecule has 0 N–H and O–H groups in total. The molecule has 0 radical (unpaired) electrons. The maximum Gasteiger partial charge on any atom is 0.246 e. The standard InChI is InChI=1S/C22H26N2O3S/c1-17-8-9-19(3)21(16-17)28(26,27)24-14-12-23(13-15-24)22(25)11-10-20-7-5-4-6-18(20)2/h4-11,16H,12-15H2,1-3H3/b11-10+. The predicted molar refractivity (Wildman–Crippen MR) is 111 cm³/mol. The molecule has 6 heteroatoms. The smallest absolute Gasteiger partial charge is 0.246 e. The normalized spacial score (nSPS) is 15.9. The van der Waals surface area contributed by atoms with Crippen LogP contribution in [0.3, 0.4) is 0 Å². The van der Waals surface area contributed by atoms with Gasteiger partial charge in [-0.3, -0.25) is 4.79 Å². The Morgan fingerprint density at radius 3 is 2.29 bits per heavy atom. The Kier molecular flexibility index (Phi) is 6.01. The minimum Gasteiger partial charge on any atom is -0.337 e. The molecule has 2 aromatic rings. The van der Waals surface area contributed by atoms with Crippen molar-refractivity contribution in [3.63, 3.8) is 0 Å². The Hall–Kier alpha value is -2.44. The van der Waals surface area contributed by atoms with Crippen molar-refractivity contribution in [2.24, 2.45) is 0 Å². The lowest BCUT2D eigenvalue weighted by molar-refractivity contribution is -0.127. The van der Waals surface area contributed by atoms with Gasteiger partial charge in [-0.25, -0.2) is 8.42 Å². The van der Waals surface area contributed by atoms with Gasteiger partial charge in [0.15, 0.2) is 0 Å². The van der Waals surface area contributed by atoms with Gasteiger partial charge in [-0.1, -0.05) is 36.4 Å². The summed E-state index contributed by atoms with van der Waals surface area (Å²) in [4.78, 5) is 14.5. The topological polar surface area (TPSA) is 57.7 Å². The Morgan fingerprint density at radius 1 is 0.929 bits per heavy atom. The van der Waals surface area contributed by atoms with Gasteiger partial charge in [0.1, 0.15) is 0 Å². The molecule has 1 amide bonds. The minimum absolute atomic E-state index is 0.0907. The molecular weight excluding hydrogens is 372 g/mol. The number of amides is 1. The monoisotopic (exact) mass is 398 g/mol. The largest absolute Gasteiger partial charge is 0.337 e. The number of hydrogen-bond donors (Lipinski definition) is 0. The molecule has 3 rings (SSSR count). The van der Waals surface area contributed by atoms with Crippen LogP contribution in [0, 0.1) is 20.8 Å². The number of sulfonamides is 1. The van der Waals surface area contributed by atoms with Gasteiger partial charge in [0.05, 0.1) is 4.90 Å². The Bertz CT molecular complexity index is 1000. The SMILES string of the molecule is Cc1ccc(C)c(S(=O)(=O)N2CCN(C(=O)/C=C/c3ccccc3C)CC2)c1. The first kappa shape index (κ1) is 20.3. The van der Waals surface area contributed by atoms with Crippen LogP contribution in [0.1, 0.15) is 22.3 Å². The van der Waals surface area contributed by atoms with Crippen LogP contribution in [0.5, 0.6) is 0 Å². The molecule has 148 valence electrons. The number of rotatable bonds is 4. The molecule has 5 nitrogen and oxygen atoms in total. The molecule has 28 heavy (non-hydrogen) atoms. The Morgan fingerprint density at radius 2 is 1.61 bits per heavy atom. The maximum atomic E-state index is 13.0. The van der Waals surface area contributed by atoms with Gasteiger partial charge >= 0.3 is 0 Å². The van der Waals surface area contributed by atoms with E-state index in [0.717, 1.165) is 22.3 Å². The summed E-state index contributed by atoms with van der Waals surface area (Å²) >= 11 is 0. The predicted octanol–water partition coefficient (Wildman–Crippen LogP) is 3.16. The first-order valence-electron chi connectivity index (χ1n) is 9.39. The number of aryl methyl sites for hydroxylation is 3. The zero-order chi connectivity index (χ0) is 20.3. The van der Waals surface area contributed by atoms with E-state index in [0.29, 0.717) is 31.1 Å². The zero-order valence-electron chi connectivity index (χ0n) is 16.6. The van der Waals surface area contributed by atoms with E-state index >= 15 is 0 Å². The van der Waals surface area contributed by atoms with Gasteiger partial charge < -0.3 is 4.90 Å². The van der Waals surface area contributed by atoms with Gasteiger partial charge in [-0.05, 0) is 55.2 Å². The van der Waals surface area contributed by atoms with Gasteiger partial charge in [0, 0.05) is 32.3 Å². The average molecular weight is 399 g/mol. The van der Waals surface area contributed by atoms with Crippen LogP contribution in [0.25, 0.3) is 6.08 Å². The number of hydrogen-bond acceptors (Lipinski definition) is 3. The number of benzene rings is 2. The lowest BCUT2D eigenvalue weighted by atomic mass is 10.1. The van der Waals surface area contributed by atoms with Crippen molar-refractivity contribution >= 4 is 22.0 Å². The second kappa shape index (κ2) is 8.29. The first-order valence-corrected chi connectivity index (χ1v) is 10.8. The van der Waals surface area contributed by atoms with Crippen LogP contribution in [0.2, 0.25) is 0 Å². The number of nitrogens with zero attached hydrogens (tertiary/aromatic N) is 2. The van der Waals surface area contributed by atoms with Crippen LogP contribution < -0.4 is 0 Å². The van der Waals surface area contributed by atoms with Crippen molar-refractivity contribution in [2.45, 2.75) is 25.7 Å². The Balaban J connectivity index is 1.66. The average Bonchev–Trinajstić information content (AvgIpc) is 2.69. The summed E-state index contributed by atoms with van der Waals surface area (Å²) in [6.45, 7) is 7.08. The molecular formula is C22H26N2O3S. The summed E-state index contributed by atoms with van der Waals surface area (Å²) in [6.07, 6.45) is 3.38. The third kappa shape index (κ3) is 4.34. The van der Waals surface area contributed by atoms with Crippen molar-refractivity contribution in [3.8, 4) is 0 Å². The molecule has 0 bridgehead atoms. The van der Waals surface area contributed by atoms with Gasteiger partial charge in [-0.15, -0.1) is 0 Å². The molecule has 0 aliphatic carbocycles. The molecule has 0 aromatic heterocycles. The van der Waals surface area contributed by atoms with E-state index in [1.54, 1.807) is 17.0 Å². The summed E-state index contributed by atoms with van der Waals surface area (Å²) in [5.41, 5.74) is 3.77. The second-order valence-electron chi connectivity index (χ2n) is 7.19. The molecule has 2 aromatic carbocycles. The molecule has 0 spiro atoms. The molecule has 1 aliphatic heterocycles. The van der Waals surface area contributed by atoms with Gasteiger partial charge in [-0.2, -0.15) is 4.31 Å². The minimum atomic E-state index is -3.55. The van der Waals surface area contributed by atoms with E-state index in [2.05, 4.69) is 0 Å². The van der Waals surface area contributed by atoms with Crippen molar-refractivity contribution < 1.29 is 13.2 Å². The van der Waals surface area contributed by atoms with Crippen molar-refractivity contribution in [1.82, 2.24) is 9.21 Å². The Labute approximate surface area is 167 Å². The van der Waals surface area contributed by atoms with Crippen LogP contribution >= 0.6 is 0 Å². The van der Waals surface area contributed by atoms with E-state index in [-0.39, 0.29) is 5.91 Å². The van der Waals surface area contributed by atoms with Crippen LogP contribution in [-0.2, 0) is 14.8 Å². The van der Waals surface area contributed by atoms with Crippen molar-refractivity contribution in [1.29, 1.82) is 0 Å². The fourth-order valence-electron chi connectivity index (χ4n) is 3.31. The van der Waals surface area contributed by atoms with Crippen LogP contribution in [0.4, 0.5) is 0 Å². The molecule has 0 atom stereocenters. The van der Waals surface area contributed by atoms with Crippen LogP contribution in [0.15, 0.2) is 53.4 Å². The summed E-state index contributed by atoms with van der Waals surface area (Å²) < 4.78 is 27.5. The summed E-state index contributed by atoms with van der Waals surface area (Å²) in [5, 5.41) is 0. The summed E-state index contributed by atoms with van der Waals surface area (Å²) in [6, 6.07) is 13.3. The number of carbonyl (C=O) groups excluding carboxylic acids is 1. The first-order chi connectivity index (χ1) is 13.3. The molecule has 1 aliphatic rings. The lowest BCUT2D eigenvalue weighted by Gasteiger charge is -2.33. The third-order valence-electron chi connectivity index (χ3n) is 5.11. The van der Waals surface area contributed by atoms with Crippen LogP contribution in [-0.4, -0.2) is 49.7 Å². The van der Waals surface area contributed by atoms with E-state index in [1.807, 2.05) is 63.2 Å². The lowest BCUT2D eigenvalue weighted by Crippen LogP contribution is -2.50. The highest BCUT2D eigenvalue weighted by atomic mass is 32.2. The molecule has 0 saturated carbocycles. The molecule has 0 unspecified atom stereocenters. The summed E-state index contributed by atoms with van der Waals surface area (Å²) in [5.74, 6) is -0.0907.